The van der Waals surface area contributed by atoms with Crippen molar-refractivity contribution >= 4 is 38.9 Å². The van der Waals surface area contributed by atoms with E-state index in [-0.39, 0.29) is 0 Å². The van der Waals surface area contributed by atoms with E-state index < -0.39 is 5.60 Å². The summed E-state index contributed by atoms with van der Waals surface area (Å²) in [4.78, 5) is 6.02. The number of halogens is 1. The van der Waals surface area contributed by atoms with E-state index in [1.807, 2.05) is 30.3 Å². The van der Waals surface area contributed by atoms with Crippen LogP contribution in [0.4, 0.5) is 5.69 Å². The third-order valence-electron chi connectivity index (χ3n) is 4.19. The van der Waals surface area contributed by atoms with Crippen LogP contribution in [0.3, 0.4) is 0 Å². The summed E-state index contributed by atoms with van der Waals surface area (Å²) >= 11 is 5.38. The number of ether oxygens (including phenoxy) is 1. The van der Waals surface area contributed by atoms with E-state index >= 15 is 0 Å². The van der Waals surface area contributed by atoms with Gasteiger partial charge in [-0.3, -0.25) is 0 Å². The van der Waals surface area contributed by atoms with Crippen LogP contribution >= 0.6 is 27.3 Å². The van der Waals surface area contributed by atoms with Gasteiger partial charge in [0.05, 0.1) is 5.69 Å². The normalized spacial score (nSPS) is 19.3. The molecular formula is C20H16BrNOS. The topological polar surface area (TPSA) is 21.6 Å². The average Bonchev–Trinajstić information content (AvgIpc) is 3.17. The van der Waals surface area contributed by atoms with Gasteiger partial charge in [0.2, 0.25) is 5.90 Å². The molecular weight excluding hydrogens is 382 g/mol. The van der Waals surface area contributed by atoms with Gasteiger partial charge >= 0.3 is 0 Å². The molecule has 0 bridgehead atoms. The Hall–Kier alpha value is -1.91. The monoisotopic (exact) mass is 397 g/mol. The number of rotatable bonds is 3. The van der Waals surface area contributed by atoms with Gasteiger partial charge < -0.3 is 4.74 Å². The molecule has 3 aromatic rings. The smallest absolute Gasteiger partial charge is 0.222 e. The van der Waals surface area contributed by atoms with Crippen molar-refractivity contribution < 1.29 is 4.74 Å². The number of aliphatic imine (C=N–C) groups is 1. The highest BCUT2D eigenvalue weighted by molar-refractivity contribution is 9.09. The van der Waals surface area contributed by atoms with Gasteiger partial charge in [-0.05, 0) is 48.2 Å². The zero-order valence-corrected chi connectivity index (χ0v) is 15.6. The number of benzene rings is 2. The van der Waals surface area contributed by atoms with Gasteiger partial charge in [-0.25, -0.2) is 4.99 Å². The van der Waals surface area contributed by atoms with Crippen molar-refractivity contribution in [3.8, 4) is 10.4 Å². The van der Waals surface area contributed by atoms with Crippen LogP contribution in [0, 0.1) is 0 Å². The molecule has 0 amide bonds. The molecule has 1 aromatic heterocycles. The van der Waals surface area contributed by atoms with Crippen LogP contribution in [-0.2, 0) is 10.3 Å². The molecule has 0 aliphatic carbocycles. The van der Waals surface area contributed by atoms with E-state index in [2.05, 4.69) is 58.6 Å². The lowest BCUT2D eigenvalue weighted by Crippen LogP contribution is -2.34. The fourth-order valence-electron chi connectivity index (χ4n) is 2.86. The standard InChI is InChI=1S/C20H16BrNOS/c1-20(13-21)16-12-15(18-8-5-11-24-18)9-10-17(16)22-19(23-20)14-6-3-2-4-7-14/h2-12H,13H2,1H3. The van der Waals surface area contributed by atoms with E-state index in [1.54, 1.807) is 11.3 Å². The Labute approximate surface area is 154 Å². The lowest BCUT2D eigenvalue weighted by atomic mass is 9.92. The second-order valence-electron chi connectivity index (χ2n) is 5.96. The summed E-state index contributed by atoms with van der Waals surface area (Å²) in [5, 5.41) is 2.80. The van der Waals surface area contributed by atoms with Crippen LogP contribution in [-0.4, -0.2) is 11.2 Å². The Morgan fingerprint density at radius 3 is 2.58 bits per heavy atom. The summed E-state index contributed by atoms with van der Waals surface area (Å²) in [6, 6.07) is 20.7. The molecule has 0 saturated carbocycles. The minimum atomic E-state index is -0.449. The minimum absolute atomic E-state index is 0.449. The van der Waals surface area contributed by atoms with Crippen molar-refractivity contribution in [2.45, 2.75) is 12.5 Å². The summed E-state index contributed by atoms with van der Waals surface area (Å²) < 4.78 is 6.31. The molecule has 1 atom stereocenters. The molecule has 2 heterocycles. The molecule has 2 nitrogen and oxygen atoms in total. The number of hydrogen-bond donors (Lipinski definition) is 0. The highest BCUT2D eigenvalue weighted by Crippen LogP contribution is 2.42. The molecule has 0 radical (unpaired) electrons. The fourth-order valence-corrected chi connectivity index (χ4v) is 4.00. The molecule has 1 unspecified atom stereocenters. The lowest BCUT2D eigenvalue weighted by molar-refractivity contribution is 0.0980. The third kappa shape index (κ3) is 2.70. The number of alkyl halides is 1. The first-order valence-corrected chi connectivity index (χ1v) is 9.77. The van der Waals surface area contributed by atoms with Gasteiger partial charge in [0.1, 0.15) is 5.60 Å². The zero-order chi connectivity index (χ0) is 16.6. The Bertz CT molecular complexity index is 889. The molecule has 120 valence electrons. The largest absolute Gasteiger partial charge is 0.465 e. The predicted molar refractivity (Wildman–Crippen MR) is 105 cm³/mol. The minimum Gasteiger partial charge on any atom is -0.465 e. The maximum Gasteiger partial charge on any atom is 0.222 e. The average molecular weight is 398 g/mol. The van der Waals surface area contributed by atoms with Gasteiger partial charge in [0, 0.05) is 21.3 Å². The second-order valence-corrected chi connectivity index (χ2v) is 7.47. The Kier molecular flexibility index (Phi) is 4.02. The van der Waals surface area contributed by atoms with E-state index in [4.69, 9.17) is 9.73 Å². The first kappa shape index (κ1) is 15.6. The number of nitrogens with zero attached hydrogens (tertiary/aromatic N) is 1. The van der Waals surface area contributed by atoms with Gasteiger partial charge in [-0.2, -0.15) is 0 Å². The Balaban J connectivity index is 1.85. The second kappa shape index (κ2) is 6.19. The maximum absolute atomic E-state index is 6.31. The maximum atomic E-state index is 6.31. The molecule has 1 aliphatic heterocycles. The molecule has 0 fully saturated rings. The summed E-state index contributed by atoms with van der Waals surface area (Å²) in [5.41, 5.74) is 3.85. The highest BCUT2D eigenvalue weighted by atomic mass is 79.9. The van der Waals surface area contributed by atoms with Crippen molar-refractivity contribution in [1.29, 1.82) is 0 Å². The van der Waals surface area contributed by atoms with Crippen LogP contribution < -0.4 is 0 Å². The summed E-state index contributed by atoms with van der Waals surface area (Å²) in [5.74, 6) is 0.675. The Morgan fingerprint density at radius 2 is 1.88 bits per heavy atom. The van der Waals surface area contributed by atoms with Crippen LogP contribution in [0.25, 0.3) is 10.4 Å². The first-order chi connectivity index (χ1) is 11.7. The summed E-state index contributed by atoms with van der Waals surface area (Å²) in [6.07, 6.45) is 0. The van der Waals surface area contributed by atoms with Gasteiger partial charge in [-0.1, -0.05) is 46.3 Å². The highest BCUT2D eigenvalue weighted by Gasteiger charge is 2.35. The van der Waals surface area contributed by atoms with Crippen molar-refractivity contribution in [2.75, 3.05) is 5.33 Å². The lowest BCUT2D eigenvalue weighted by Gasteiger charge is -2.34. The molecule has 4 rings (SSSR count). The molecule has 2 aromatic carbocycles. The van der Waals surface area contributed by atoms with Crippen LogP contribution in [0.2, 0.25) is 0 Å². The molecule has 0 saturated heterocycles. The first-order valence-electron chi connectivity index (χ1n) is 7.77. The van der Waals surface area contributed by atoms with E-state index in [1.165, 1.54) is 10.4 Å². The van der Waals surface area contributed by atoms with Crippen LogP contribution in [0.1, 0.15) is 18.1 Å². The third-order valence-corrected chi connectivity index (χ3v) is 6.18. The Morgan fingerprint density at radius 1 is 1.04 bits per heavy atom. The van der Waals surface area contributed by atoms with E-state index in [0.29, 0.717) is 11.2 Å². The summed E-state index contributed by atoms with van der Waals surface area (Å²) in [6.45, 7) is 2.11. The predicted octanol–water partition coefficient (Wildman–Crippen LogP) is 6.13. The molecule has 0 spiro atoms. The fraction of sp³-hybridized carbons (Fsp3) is 0.150. The number of fused-ring (bicyclic) bond motifs is 1. The zero-order valence-electron chi connectivity index (χ0n) is 13.2. The summed E-state index contributed by atoms with van der Waals surface area (Å²) in [7, 11) is 0. The van der Waals surface area contributed by atoms with E-state index in [9.17, 15) is 0 Å². The van der Waals surface area contributed by atoms with Crippen LogP contribution in [0.5, 0.6) is 0 Å². The SMILES string of the molecule is CC1(CBr)OC(c2ccccc2)=Nc2ccc(-c3cccs3)cc21. The van der Waals surface area contributed by atoms with Gasteiger partial charge in [-0.15, -0.1) is 11.3 Å². The molecule has 1 aliphatic rings. The van der Waals surface area contributed by atoms with Crippen molar-refractivity contribution in [1.82, 2.24) is 0 Å². The molecule has 4 heteroatoms. The molecule has 24 heavy (non-hydrogen) atoms. The van der Waals surface area contributed by atoms with Gasteiger partial charge in [0.25, 0.3) is 0 Å². The van der Waals surface area contributed by atoms with Crippen molar-refractivity contribution in [3.05, 3.63) is 77.2 Å². The number of hydrogen-bond acceptors (Lipinski definition) is 3. The van der Waals surface area contributed by atoms with Gasteiger partial charge in [0.15, 0.2) is 0 Å². The quantitative estimate of drug-likeness (QED) is 0.486. The van der Waals surface area contributed by atoms with Crippen molar-refractivity contribution in [3.63, 3.8) is 0 Å². The molecule has 0 N–H and O–H groups in total. The van der Waals surface area contributed by atoms with Crippen LogP contribution in [0.15, 0.2) is 71.0 Å². The number of thiophene rings is 1. The van der Waals surface area contributed by atoms with E-state index in [0.717, 1.165) is 16.8 Å². The van der Waals surface area contributed by atoms with Crippen molar-refractivity contribution in [2.24, 2.45) is 4.99 Å².